The van der Waals surface area contributed by atoms with E-state index in [1.807, 2.05) is 4.90 Å². The quantitative estimate of drug-likeness (QED) is 0.850. The molecule has 2 heterocycles. The highest BCUT2D eigenvalue weighted by Crippen LogP contribution is 2.19. The summed E-state index contributed by atoms with van der Waals surface area (Å²) in [5.74, 6) is 1.16. The molecule has 0 unspecified atom stereocenters. The molecule has 27 heavy (non-hydrogen) atoms. The van der Waals surface area contributed by atoms with Crippen molar-refractivity contribution >= 4 is 17.6 Å². The zero-order valence-corrected chi connectivity index (χ0v) is 15.4. The van der Waals surface area contributed by atoms with Crippen LogP contribution < -0.4 is 15.4 Å². The second-order valence-corrected chi connectivity index (χ2v) is 6.53. The molecule has 0 spiro atoms. The first-order valence-electron chi connectivity index (χ1n) is 9.04. The van der Waals surface area contributed by atoms with Crippen LogP contribution in [-0.2, 0) is 0 Å². The summed E-state index contributed by atoms with van der Waals surface area (Å²) in [7, 11) is 1.60. The lowest BCUT2D eigenvalue weighted by atomic mass is 9.96. The van der Waals surface area contributed by atoms with Crippen LogP contribution in [0.4, 0.5) is 10.5 Å². The molecule has 7 heteroatoms. The standard InChI is InChI=1S/C20H24N4O3/c1-27-18-4-2-17(3-5-18)23-20(26)22-14-15-8-12-24(13-9-15)19(25)16-6-10-21-11-7-16/h2-7,10-11,15H,8-9,12-14H2,1H3,(H2,22,23,26). The second-order valence-electron chi connectivity index (χ2n) is 6.53. The van der Waals surface area contributed by atoms with Gasteiger partial charge in [0.25, 0.3) is 5.91 Å². The van der Waals surface area contributed by atoms with Crippen LogP contribution in [0.2, 0.25) is 0 Å². The van der Waals surface area contributed by atoms with E-state index in [9.17, 15) is 9.59 Å². The Morgan fingerprint density at radius 3 is 2.41 bits per heavy atom. The Labute approximate surface area is 158 Å². The molecule has 1 aliphatic rings. The Bertz CT molecular complexity index is 757. The number of hydrogen-bond donors (Lipinski definition) is 2. The van der Waals surface area contributed by atoms with Gasteiger partial charge in [0.15, 0.2) is 0 Å². The fourth-order valence-electron chi connectivity index (χ4n) is 3.10. The number of carbonyl (C=O) groups is 2. The number of carbonyl (C=O) groups excluding carboxylic acids is 2. The zero-order valence-electron chi connectivity index (χ0n) is 15.4. The summed E-state index contributed by atoms with van der Waals surface area (Å²) in [5, 5.41) is 5.72. The van der Waals surface area contributed by atoms with Crippen molar-refractivity contribution in [3.05, 3.63) is 54.4 Å². The lowest BCUT2D eigenvalue weighted by Crippen LogP contribution is -2.42. The number of pyridine rings is 1. The molecule has 7 nitrogen and oxygen atoms in total. The van der Waals surface area contributed by atoms with Crippen molar-refractivity contribution in [1.82, 2.24) is 15.2 Å². The van der Waals surface area contributed by atoms with E-state index in [2.05, 4.69) is 15.6 Å². The number of hydrogen-bond acceptors (Lipinski definition) is 4. The predicted octanol–water partition coefficient (Wildman–Crippen LogP) is 2.76. The molecule has 0 radical (unpaired) electrons. The van der Waals surface area contributed by atoms with Gasteiger partial charge in [-0.3, -0.25) is 9.78 Å². The van der Waals surface area contributed by atoms with Gasteiger partial charge in [0.2, 0.25) is 0 Å². The Morgan fingerprint density at radius 2 is 1.78 bits per heavy atom. The summed E-state index contributed by atoms with van der Waals surface area (Å²) >= 11 is 0. The highest BCUT2D eigenvalue weighted by Gasteiger charge is 2.23. The summed E-state index contributed by atoms with van der Waals surface area (Å²) in [5.41, 5.74) is 1.38. The first kappa shape index (κ1) is 18.7. The lowest BCUT2D eigenvalue weighted by Gasteiger charge is -2.32. The van der Waals surface area contributed by atoms with E-state index in [1.54, 1.807) is 55.9 Å². The topological polar surface area (TPSA) is 83.6 Å². The maximum absolute atomic E-state index is 12.4. The van der Waals surface area contributed by atoms with Gasteiger partial charge in [0.1, 0.15) is 5.75 Å². The molecule has 142 valence electrons. The molecule has 1 aliphatic heterocycles. The molecule has 1 aromatic carbocycles. The van der Waals surface area contributed by atoms with E-state index in [0.29, 0.717) is 36.8 Å². The molecule has 0 bridgehead atoms. The number of benzene rings is 1. The SMILES string of the molecule is COc1ccc(NC(=O)NCC2CCN(C(=O)c3ccncc3)CC2)cc1. The predicted molar refractivity (Wildman–Crippen MR) is 103 cm³/mol. The zero-order chi connectivity index (χ0) is 19.1. The van der Waals surface area contributed by atoms with E-state index >= 15 is 0 Å². The van der Waals surface area contributed by atoms with Crippen molar-refractivity contribution in [2.45, 2.75) is 12.8 Å². The van der Waals surface area contributed by atoms with Gasteiger partial charge in [0.05, 0.1) is 7.11 Å². The number of nitrogens with zero attached hydrogens (tertiary/aromatic N) is 2. The van der Waals surface area contributed by atoms with Gasteiger partial charge in [-0.05, 0) is 55.2 Å². The molecule has 2 N–H and O–H groups in total. The number of piperidine rings is 1. The van der Waals surface area contributed by atoms with Gasteiger partial charge in [-0.15, -0.1) is 0 Å². The molecule has 1 aromatic heterocycles. The van der Waals surface area contributed by atoms with Gasteiger partial charge in [-0.2, -0.15) is 0 Å². The maximum atomic E-state index is 12.4. The number of nitrogens with one attached hydrogen (secondary N) is 2. The number of amides is 3. The molecule has 1 fully saturated rings. The van der Waals surface area contributed by atoms with Crippen LogP contribution in [0.3, 0.4) is 0 Å². The molecule has 0 aliphatic carbocycles. The average molecular weight is 368 g/mol. The Balaban J connectivity index is 1.40. The highest BCUT2D eigenvalue weighted by molar-refractivity contribution is 5.94. The van der Waals surface area contributed by atoms with Gasteiger partial charge >= 0.3 is 6.03 Å². The Hall–Kier alpha value is -3.09. The highest BCUT2D eigenvalue weighted by atomic mass is 16.5. The van der Waals surface area contributed by atoms with E-state index < -0.39 is 0 Å². The molecule has 2 aromatic rings. The van der Waals surface area contributed by atoms with Gasteiger partial charge in [-0.1, -0.05) is 0 Å². The van der Waals surface area contributed by atoms with E-state index in [0.717, 1.165) is 18.6 Å². The maximum Gasteiger partial charge on any atom is 0.319 e. The number of rotatable bonds is 5. The van der Waals surface area contributed by atoms with Crippen LogP contribution in [0.15, 0.2) is 48.8 Å². The summed E-state index contributed by atoms with van der Waals surface area (Å²) < 4.78 is 5.10. The number of urea groups is 1. The number of aromatic nitrogens is 1. The van der Waals surface area contributed by atoms with Crippen molar-refractivity contribution in [3.8, 4) is 5.75 Å². The first-order valence-corrected chi connectivity index (χ1v) is 9.04. The van der Waals surface area contributed by atoms with Crippen LogP contribution in [0, 0.1) is 5.92 Å². The third-order valence-electron chi connectivity index (χ3n) is 4.73. The smallest absolute Gasteiger partial charge is 0.319 e. The molecule has 3 amide bonds. The monoisotopic (exact) mass is 368 g/mol. The molecule has 1 saturated heterocycles. The van der Waals surface area contributed by atoms with Gasteiger partial charge in [-0.25, -0.2) is 4.79 Å². The summed E-state index contributed by atoms with van der Waals surface area (Å²) in [4.78, 5) is 30.3. The number of methoxy groups -OCH3 is 1. The minimum Gasteiger partial charge on any atom is -0.497 e. The van der Waals surface area contributed by atoms with Crippen LogP contribution in [0.1, 0.15) is 23.2 Å². The van der Waals surface area contributed by atoms with Crippen molar-refractivity contribution in [3.63, 3.8) is 0 Å². The second kappa shape index (κ2) is 9.02. The van der Waals surface area contributed by atoms with Gasteiger partial charge in [0, 0.05) is 43.3 Å². The normalized spacial score (nSPS) is 14.5. The van der Waals surface area contributed by atoms with Crippen LogP contribution >= 0.6 is 0 Å². The minimum absolute atomic E-state index is 0.0426. The summed E-state index contributed by atoms with van der Waals surface area (Å²) in [6, 6.07) is 10.4. The van der Waals surface area contributed by atoms with Crippen LogP contribution in [0.25, 0.3) is 0 Å². The number of anilines is 1. The Kier molecular flexibility index (Phi) is 6.25. The lowest BCUT2D eigenvalue weighted by molar-refractivity contribution is 0.0690. The first-order chi connectivity index (χ1) is 13.2. The fraction of sp³-hybridized carbons (Fsp3) is 0.350. The molecule has 0 saturated carbocycles. The molecular formula is C20H24N4O3. The minimum atomic E-state index is -0.226. The summed E-state index contributed by atoms with van der Waals surface area (Å²) in [6.45, 7) is 2.00. The molecule has 3 rings (SSSR count). The van der Waals surface area contributed by atoms with Crippen molar-refractivity contribution in [2.24, 2.45) is 5.92 Å². The fourth-order valence-corrected chi connectivity index (χ4v) is 3.10. The van der Waals surface area contributed by atoms with Crippen molar-refractivity contribution in [2.75, 3.05) is 32.1 Å². The van der Waals surface area contributed by atoms with Crippen LogP contribution in [-0.4, -0.2) is 48.6 Å². The largest absolute Gasteiger partial charge is 0.497 e. The Morgan fingerprint density at radius 1 is 1.11 bits per heavy atom. The number of likely N-dealkylation sites (tertiary alicyclic amines) is 1. The molecular weight excluding hydrogens is 344 g/mol. The third kappa shape index (κ3) is 5.20. The van der Waals surface area contributed by atoms with E-state index in [4.69, 9.17) is 4.74 Å². The van der Waals surface area contributed by atoms with E-state index in [1.165, 1.54) is 0 Å². The van der Waals surface area contributed by atoms with Gasteiger partial charge < -0.3 is 20.3 Å². The average Bonchev–Trinajstić information content (AvgIpc) is 2.73. The molecule has 0 atom stereocenters. The van der Waals surface area contributed by atoms with Crippen LogP contribution in [0.5, 0.6) is 5.75 Å². The summed E-state index contributed by atoms with van der Waals surface area (Å²) in [6.07, 6.45) is 5.01. The third-order valence-corrected chi connectivity index (χ3v) is 4.73. The van der Waals surface area contributed by atoms with Crippen molar-refractivity contribution < 1.29 is 14.3 Å². The van der Waals surface area contributed by atoms with Crippen molar-refractivity contribution in [1.29, 1.82) is 0 Å². The van der Waals surface area contributed by atoms with E-state index in [-0.39, 0.29) is 11.9 Å². The number of ether oxygens (including phenoxy) is 1.